The molecule has 0 spiro atoms. The average Bonchev–Trinajstić information content (AvgIpc) is 2.26. The molecule has 6 heteroatoms. The van der Waals surface area contributed by atoms with Crippen molar-refractivity contribution in [1.29, 1.82) is 0 Å². The molecule has 0 radical (unpaired) electrons. The van der Waals surface area contributed by atoms with Crippen molar-refractivity contribution in [1.82, 2.24) is 0 Å². The number of carbonyl (C=O) groups excluding carboxylic acids is 1. The first kappa shape index (κ1) is 13.0. The molecule has 0 bridgehead atoms. The number of rotatable bonds is 3. The molecule has 0 atom stereocenters. The van der Waals surface area contributed by atoms with Gasteiger partial charge in [0.15, 0.2) is 0 Å². The van der Waals surface area contributed by atoms with Gasteiger partial charge in [-0.15, -0.1) is 0 Å². The van der Waals surface area contributed by atoms with E-state index in [9.17, 15) is 14.9 Å². The van der Waals surface area contributed by atoms with Gasteiger partial charge < -0.3 is 9.80 Å². The smallest absolute Gasteiger partial charge is 0.294 e. The van der Waals surface area contributed by atoms with Gasteiger partial charge in [-0.25, -0.2) is 0 Å². The second-order valence-corrected chi connectivity index (χ2v) is 3.90. The molecule has 0 aliphatic rings. The molecule has 0 unspecified atom stereocenters. The number of benzene rings is 1. The normalized spacial score (nSPS) is 9.88. The van der Waals surface area contributed by atoms with Crippen LogP contribution >= 0.6 is 0 Å². The van der Waals surface area contributed by atoms with Crippen molar-refractivity contribution in [2.75, 3.05) is 30.9 Å². The second kappa shape index (κ2) is 4.82. The molecule has 0 aliphatic heterocycles. The van der Waals surface area contributed by atoms with Crippen LogP contribution in [0, 0.1) is 10.1 Å². The molecular formula is C11H15N3O3. The van der Waals surface area contributed by atoms with E-state index in [0.717, 1.165) is 0 Å². The molecule has 17 heavy (non-hydrogen) atoms. The van der Waals surface area contributed by atoms with Crippen LogP contribution in [0.2, 0.25) is 0 Å². The summed E-state index contributed by atoms with van der Waals surface area (Å²) in [5.74, 6) is -0.170. The minimum Gasteiger partial charge on any atom is -0.372 e. The van der Waals surface area contributed by atoms with Crippen LogP contribution in [0.25, 0.3) is 0 Å². The summed E-state index contributed by atoms with van der Waals surface area (Å²) in [6.45, 7) is 1.41. The van der Waals surface area contributed by atoms with Crippen molar-refractivity contribution in [2.45, 2.75) is 6.92 Å². The Morgan fingerprint density at radius 2 is 1.88 bits per heavy atom. The van der Waals surface area contributed by atoms with E-state index in [1.54, 1.807) is 38.2 Å². The van der Waals surface area contributed by atoms with Crippen LogP contribution in [0.1, 0.15) is 6.92 Å². The largest absolute Gasteiger partial charge is 0.372 e. The Balaban J connectivity index is 3.28. The fourth-order valence-electron chi connectivity index (χ4n) is 1.43. The van der Waals surface area contributed by atoms with Gasteiger partial charge in [0, 0.05) is 34.1 Å². The predicted octanol–water partition coefficient (Wildman–Crippen LogP) is 1.64. The quantitative estimate of drug-likeness (QED) is 0.592. The van der Waals surface area contributed by atoms with E-state index in [2.05, 4.69) is 0 Å². The van der Waals surface area contributed by atoms with Gasteiger partial charge in [-0.3, -0.25) is 14.9 Å². The summed E-state index contributed by atoms with van der Waals surface area (Å²) in [5, 5.41) is 10.9. The maximum Gasteiger partial charge on any atom is 0.294 e. The molecule has 6 nitrogen and oxygen atoms in total. The van der Waals surface area contributed by atoms with Gasteiger partial charge in [-0.2, -0.15) is 0 Å². The van der Waals surface area contributed by atoms with Gasteiger partial charge in [0.05, 0.1) is 10.6 Å². The molecule has 0 N–H and O–H groups in total. The van der Waals surface area contributed by atoms with Crippen LogP contribution in [0.3, 0.4) is 0 Å². The monoisotopic (exact) mass is 237 g/mol. The van der Waals surface area contributed by atoms with E-state index in [4.69, 9.17) is 0 Å². The SMILES string of the molecule is CC(=O)N(C)c1ccc(N(C)C)c([N+](=O)[O-])c1. The zero-order valence-corrected chi connectivity index (χ0v) is 10.3. The average molecular weight is 237 g/mol. The number of nitro groups is 1. The molecule has 1 aromatic carbocycles. The van der Waals surface area contributed by atoms with Crippen molar-refractivity contribution in [3.8, 4) is 0 Å². The lowest BCUT2D eigenvalue weighted by Crippen LogP contribution is -2.23. The topological polar surface area (TPSA) is 66.7 Å². The Hall–Kier alpha value is -2.11. The summed E-state index contributed by atoms with van der Waals surface area (Å²) in [6.07, 6.45) is 0. The van der Waals surface area contributed by atoms with Crippen LogP contribution < -0.4 is 9.80 Å². The Bertz CT molecular complexity index is 457. The van der Waals surface area contributed by atoms with Crippen molar-refractivity contribution in [3.05, 3.63) is 28.3 Å². The number of nitrogens with zero attached hydrogens (tertiary/aromatic N) is 3. The van der Waals surface area contributed by atoms with Crippen LogP contribution in [-0.4, -0.2) is 32.0 Å². The first-order valence-electron chi connectivity index (χ1n) is 5.04. The standard InChI is InChI=1S/C11H15N3O3/c1-8(15)13(4)9-5-6-10(12(2)3)11(7-9)14(16)17/h5-7H,1-4H3. The zero-order valence-electron chi connectivity index (χ0n) is 10.3. The number of nitro benzene ring substituents is 1. The van der Waals surface area contributed by atoms with E-state index < -0.39 is 4.92 Å². The molecule has 1 amide bonds. The van der Waals surface area contributed by atoms with E-state index in [0.29, 0.717) is 11.4 Å². The zero-order chi connectivity index (χ0) is 13.2. The third-order valence-electron chi connectivity index (χ3n) is 2.50. The lowest BCUT2D eigenvalue weighted by atomic mass is 10.2. The summed E-state index contributed by atoms with van der Waals surface area (Å²) in [5.41, 5.74) is 1.01. The number of amides is 1. The molecular weight excluding hydrogens is 222 g/mol. The van der Waals surface area contributed by atoms with Crippen LogP contribution in [-0.2, 0) is 4.79 Å². The van der Waals surface area contributed by atoms with Crippen LogP contribution in [0.4, 0.5) is 17.1 Å². The van der Waals surface area contributed by atoms with Gasteiger partial charge in [0.2, 0.25) is 5.91 Å². The Morgan fingerprint density at radius 1 is 1.29 bits per heavy atom. The van der Waals surface area contributed by atoms with Crippen molar-refractivity contribution in [2.24, 2.45) is 0 Å². The maximum absolute atomic E-state index is 11.2. The molecule has 0 saturated heterocycles. The van der Waals surface area contributed by atoms with Crippen LogP contribution in [0.15, 0.2) is 18.2 Å². The van der Waals surface area contributed by atoms with E-state index in [-0.39, 0.29) is 11.6 Å². The number of hydrogen-bond donors (Lipinski definition) is 0. The number of carbonyl (C=O) groups is 1. The summed E-state index contributed by atoms with van der Waals surface area (Å²) < 4.78 is 0. The maximum atomic E-state index is 11.2. The summed E-state index contributed by atoms with van der Waals surface area (Å²) in [7, 11) is 5.05. The highest BCUT2D eigenvalue weighted by atomic mass is 16.6. The molecule has 1 rings (SSSR count). The lowest BCUT2D eigenvalue weighted by Gasteiger charge is -2.17. The highest BCUT2D eigenvalue weighted by Gasteiger charge is 2.18. The molecule has 92 valence electrons. The van der Waals surface area contributed by atoms with Gasteiger partial charge in [0.1, 0.15) is 5.69 Å². The third kappa shape index (κ3) is 2.72. The highest BCUT2D eigenvalue weighted by molar-refractivity contribution is 5.91. The van der Waals surface area contributed by atoms with Crippen LogP contribution in [0.5, 0.6) is 0 Å². The van der Waals surface area contributed by atoms with Crippen molar-refractivity contribution < 1.29 is 9.72 Å². The van der Waals surface area contributed by atoms with Gasteiger partial charge in [0.25, 0.3) is 5.69 Å². The molecule has 1 aromatic rings. The number of anilines is 2. The fraction of sp³-hybridized carbons (Fsp3) is 0.364. The summed E-state index contributed by atoms with van der Waals surface area (Å²) in [6, 6.07) is 4.72. The summed E-state index contributed by atoms with van der Waals surface area (Å²) in [4.78, 5) is 24.7. The Morgan fingerprint density at radius 3 is 2.29 bits per heavy atom. The molecule has 0 fully saturated rings. The number of hydrogen-bond acceptors (Lipinski definition) is 4. The minimum absolute atomic E-state index is 0.0133. The van der Waals surface area contributed by atoms with Gasteiger partial charge >= 0.3 is 0 Å². The van der Waals surface area contributed by atoms with E-state index in [1.165, 1.54) is 17.9 Å². The van der Waals surface area contributed by atoms with Crippen molar-refractivity contribution in [3.63, 3.8) is 0 Å². The first-order valence-corrected chi connectivity index (χ1v) is 5.04. The molecule has 0 aromatic heterocycles. The molecule has 0 aliphatic carbocycles. The van der Waals surface area contributed by atoms with Gasteiger partial charge in [-0.05, 0) is 12.1 Å². The van der Waals surface area contributed by atoms with Crippen molar-refractivity contribution >= 4 is 23.0 Å². The summed E-state index contributed by atoms with van der Waals surface area (Å²) >= 11 is 0. The molecule has 0 heterocycles. The van der Waals surface area contributed by atoms with E-state index >= 15 is 0 Å². The highest BCUT2D eigenvalue weighted by Crippen LogP contribution is 2.30. The molecule has 0 saturated carbocycles. The Kier molecular flexibility index (Phi) is 3.67. The minimum atomic E-state index is -0.452. The second-order valence-electron chi connectivity index (χ2n) is 3.90. The fourth-order valence-corrected chi connectivity index (χ4v) is 1.43. The van der Waals surface area contributed by atoms with E-state index in [1.807, 2.05) is 0 Å². The Labute approximate surface area is 99.6 Å². The predicted molar refractivity (Wildman–Crippen MR) is 66.5 cm³/mol. The third-order valence-corrected chi connectivity index (χ3v) is 2.50. The first-order chi connectivity index (χ1) is 7.84. The van der Waals surface area contributed by atoms with Gasteiger partial charge in [-0.1, -0.05) is 0 Å². The lowest BCUT2D eigenvalue weighted by molar-refractivity contribution is -0.384.